The molecule has 0 aromatic heterocycles. The first kappa shape index (κ1) is 30.0. The lowest BCUT2D eigenvalue weighted by Crippen LogP contribution is -2.58. The fourth-order valence-electron chi connectivity index (χ4n) is 5.75. The summed E-state index contributed by atoms with van der Waals surface area (Å²) in [6.07, 6.45) is 1.71. The second-order valence-corrected chi connectivity index (χ2v) is 11.4. The number of rotatable bonds is 11. The Kier molecular flexibility index (Phi) is 10.5. The summed E-state index contributed by atoms with van der Waals surface area (Å²) < 4.78 is 0. The van der Waals surface area contributed by atoms with Gasteiger partial charge in [-0.15, -0.1) is 0 Å². The smallest absolute Gasteiger partial charge is 0.245 e. The molecule has 9 heteroatoms. The third-order valence-corrected chi connectivity index (χ3v) is 8.37. The van der Waals surface area contributed by atoms with Gasteiger partial charge >= 0.3 is 0 Å². The van der Waals surface area contributed by atoms with Gasteiger partial charge in [0, 0.05) is 63.0 Å². The number of carbonyl (C=O) groups excluding carboxylic acids is 2. The predicted octanol–water partition coefficient (Wildman–Crippen LogP) is 2.90. The van der Waals surface area contributed by atoms with E-state index in [-0.39, 0.29) is 24.5 Å². The van der Waals surface area contributed by atoms with Gasteiger partial charge in [-0.1, -0.05) is 66.2 Å². The Labute approximate surface area is 253 Å². The van der Waals surface area contributed by atoms with E-state index in [2.05, 4.69) is 45.1 Å². The fraction of sp³-hybridized carbons (Fsp3) is 0.394. The Morgan fingerprint density at radius 3 is 2.43 bits per heavy atom. The van der Waals surface area contributed by atoms with E-state index in [4.69, 9.17) is 16.7 Å². The summed E-state index contributed by atoms with van der Waals surface area (Å²) in [6.45, 7) is 4.87. The highest BCUT2D eigenvalue weighted by molar-refractivity contribution is 6.30. The molecule has 2 aliphatic heterocycles. The number of fused-ring (bicyclic) bond motifs is 1. The summed E-state index contributed by atoms with van der Waals surface area (Å²) in [5.41, 5.74) is 5.68. The second-order valence-electron chi connectivity index (χ2n) is 11.0. The highest BCUT2D eigenvalue weighted by Crippen LogP contribution is 2.23. The molecular weight excluding hydrogens is 550 g/mol. The number of nitrogens with one attached hydrogen (secondary N) is 3. The van der Waals surface area contributed by atoms with Crippen LogP contribution in [0.25, 0.3) is 0 Å². The molecule has 1 fully saturated rings. The number of aliphatic hydroxyl groups excluding tert-OH is 1. The molecule has 4 N–H and O–H groups in total. The van der Waals surface area contributed by atoms with Gasteiger partial charge in [0.25, 0.3) is 0 Å². The van der Waals surface area contributed by atoms with Crippen LogP contribution in [0.3, 0.4) is 0 Å². The molecule has 0 unspecified atom stereocenters. The molecule has 0 aliphatic carbocycles. The van der Waals surface area contributed by atoms with E-state index in [0.717, 1.165) is 36.3 Å². The number of carbonyl (C=O) groups is 2. The number of anilines is 1. The zero-order valence-corrected chi connectivity index (χ0v) is 24.7. The summed E-state index contributed by atoms with van der Waals surface area (Å²) in [7, 11) is 0. The van der Waals surface area contributed by atoms with Gasteiger partial charge in [-0.25, -0.2) is 0 Å². The Bertz CT molecular complexity index is 1340. The monoisotopic (exact) mass is 589 g/mol. The lowest BCUT2D eigenvalue weighted by molar-refractivity contribution is -0.137. The van der Waals surface area contributed by atoms with E-state index in [0.29, 0.717) is 50.6 Å². The quantitative estimate of drug-likeness (QED) is 0.257. The Hall–Kier alpha value is -3.43. The lowest BCUT2D eigenvalue weighted by atomic mass is 9.95. The molecular formula is C33H40ClN5O3. The minimum absolute atomic E-state index is 0.0619. The van der Waals surface area contributed by atoms with Crippen LogP contribution in [-0.2, 0) is 35.5 Å². The van der Waals surface area contributed by atoms with Crippen molar-refractivity contribution < 1.29 is 14.7 Å². The molecule has 8 nitrogen and oxygen atoms in total. The molecule has 2 amide bonds. The van der Waals surface area contributed by atoms with Gasteiger partial charge in [0.1, 0.15) is 6.04 Å². The number of benzene rings is 3. The number of para-hydroxylation sites is 1. The van der Waals surface area contributed by atoms with Crippen LogP contribution in [0.15, 0.2) is 72.8 Å². The topological polar surface area (TPSA) is 96.9 Å². The molecule has 0 bridgehead atoms. The molecule has 0 spiro atoms. The first-order valence-corrected chi connectivity index (χ1v) is 15.2. The van der Waals surface area contributed by atoms with Crippen LogP contribution in [0.1, 0.15) is 28.7 Å². The van der Waals surface area contributed by atoms with Gasteiger partial charge in [-0.05, 0) is 59.8 Å². The molecule has 5 rings (SSSR count). The number of hydrogen-bond donors (Lipinski definition) is 4. The van der Waals surface area contributed by atoms with Crippen molar-refractivity contribution in [1.82, 2.24) is 20.9 Å². The number of aliphatic hydroxyl groups is 1. The molecule has 2 atom stereocenters. The standard InChI is InChI=1S/C33H40ClN5O3/c34-28-12-10-24(11-13-28)20-30(37-32(41)29-21-25-6-1-2-7-26(25)23-36-29)33(42)39-17-15-38(16-18-39)31-9-4-3-8-27(31)22-35-14-5-19-40/h1-4,6-13,29-30,35-36,40H,5,14-23H2,(H,37,41)/t29-,30-/m1/s1. The van der Waals surface area contributed by atoms with Gasteiger partial charge in [0.15, 0.2) is 0 Å². The van der Waals surface area contributed by atoms with Crippen molar-refractivity contribution in [2.75, 3.05) is 44.2 Å². The molecule has 0 saturated carbocycles. The van der Waals surface area contributed by atoms with Crippen molar-refractivity contribution in [3.63, 3.8) is 0 Å². The Balaban J connectivity index is 1.24. The van der Waals surface area contributed by atoms with Crippen LogP contribution in [0.2, 0.25) is 5.02 Å². The molecule has 1 saturated heterocycles. The molecule has 0 radical (unpaired) electrons. The number of nitrogens with zero attached hydrogens (tertiary/aromatic N) is 2. The average Bonchev–Trinajstić information content (AvgIpc) is 3.03. The van der Waals surface area contributed by atoms with E-state index in [1.807, 2.05) is 53.4 Å². The van der Waals surface area contributed by atoms with E-state index >= 15 is 0 Å². The molecule has 2 heterocycles. The number of amides is 2. The maximum Gasteiger partial charge on any atom is 0.245 e. The van der Waals surface area contributed by atoms with Crippen molar-refractivity contribution in [2.45, 2.75) is 44.4 Å². The van der Waals surface area contributed by atoms with Crippen LogP contribution >= 0.6 is 11.6 Å². The summed E-state index contributed by atoms with van der Waals surface area (Å²) >= 11 is 6.11. The van der Waals surface area contributed by atoms with Crippen molar-refractivity contribution in [2.24, 2.45) is 0 Å². The summed E-state index contributed by atoms with van der Waals surface area (Å²) in [6, 6.07) is 22.9. The SMILES string of the molecule is O=C(N[C@H](Cc1ccc(Cl)cc1)C(=O)N1CCN(c2ccccc2CNCCCO)CC1)[C@H]1Cc2ccccc2CN1. The molecule has 42 heavy (non-hydrogen) atoms. The molecule has 2 aliphatic rings. The summed E-state index contributed by atoms with van der Waals surface area (Å²) in [5, 5.41) is 19.5. The number of halogens is 1. The van der Waals surface area contributed by atoms with Crippen molar-refractivity contribution in [3.8, 4) is 0 Å². The normalized spacial score (nSPS) is 17.4. The van der Waals surface area contributed by atoms with Gasteiger partial charge in [-0.3, -0.25) is 9.59 Å². The maximum atomic E-state index is 13.9. The van der Waals surface area contributed by atoms with Crippen LogP contribution in [-0.4, -0.2) is 73.2 Å². The van der Waals surface area contributed by atoms with E-state index in [1.165, 1.54) is 11.1 Å². The predicted molar refractivity (Wildman–Crippen MR) is 167 cm³/mol. The summed E-state index contributed by atoms with van der Waals surface area (Å²) in [5.74, 6) is -0.216. The van der Waals surface area contributed by atoms with Crippen LogP contribution in [0.5, 0.6) is 0 Å². The summed E-state index contributed by atoms with van der Waals surface area (Å²) in [4.78, 5) is 31.6. The maximum absolute atomic E-state index is 13.9. The van der Waals surface area contributed by atoms with Crippen LogP contribution in [0, 0.1) is 0 Å². The third kappa shape index (κ3) is 7.69. The van der Waals surface area contributed by atoms with E-state index in [9.17, 15) is 9.59 Å². The van der Waals surface area contributed by atoms with E-state index in [1.54, 1.807) is 0 Å². The first-order chi connectivity index (χ1) is 20.5. The van der Waals surface area contributed by atoms with Gasteiger partial charge in [-0.2, -0.15) is 0 Å². The molecule has 3 aromatic carbocycles. The Morgan fingerprint density at radius 1 is 0.952 bits per heavy atom. The first-order valence-electron chi connectivity index (χ1n) is 14.8. The average molecular weight is 590 g/mol. The van der Waals surface area contributed by atoms with Crippen LogP contribution in [0.4, 0.5) is 5.69 Å². The molecule has 222 valence electrons. The third-order valence-electron chi connectivity index (χ3n) is 8.12. The highest BCUT2D eigenvalue weighted by atomic mass is 35.5. The second kappa shape index (κ2) is 14.6. The zero-order valence-electron chi connectivity index (χ0n) is 23.9. The molecule has 3 aromatic rings. The minimum atomic E-state index is -0.674. The van der Waals surface area contributed by atoms with Gasteiger partial charge < -0.3 is 30.9 Å². The zero-order chi connectivity index (χ0) is 29.3. The lowest BCUT2D eigenvalue weighted by Gasteiger charge is -2.38. The van der Waals surface area contributed by atoms with Crippen molar-refractivity contribution in [1.29, 1.82) is 0 Å². The van der Waals surface area contributed by atoms with Crippen LogP contribution < -0.4 is 20.9 Å². The van der Waals surface area contributed by atoms with Crippen molar-refractivity contribution in [3.05, 3.63) is 100 Å². The van der Waals surface area contributed by atoms with Gasteiger partial charge in [0.05, 0.1) is 6.04 Å². The number of piperazine rings is 1. The van der Waals surface area contributed by atoms with Gasteiger partial charge in [0.2, 0.25) is 11.8 Å². The minimum Gasteiger partial charge on any atom is -0.396 e. The fourth-order valence-corrected chi connectivity index (χ4v) is 5.88. The Morgan fingerprint density at radius 2 is 1.67 bits per heavy atom. The number of hydrogen-bond acceptors (Lipinski definition) is 6. The van der Waals surface area contributed by atoms with Crippen molar-refractivity contribution >= 4 is 29.1 Å². The highest BCUT2D eigenvalue weighted by Gasteiger charge is 2.32. The van der Waals surface area contributed by atoms with E-state index < -0.39 is 6.04 Å². The largest absolute Gasteiger partial charge is 0.396 e.